The van der Waals surface area contributed by atoms with Crippen molar-refractivity contribution < 1.29 is 14.2 Å². The van der Waals surface area contributed by atoms with Crippen LogP contribution in [0.2, 0.25) is 0 Å². The monoisotopic (exact) mass is 253 g/mol. The fraction of sp³-hybridized carbons (Fsp3) is 0.571. The van der Waals surface area contributed by atoms with Crippen molar-refractivity contribution in [2.24, 2.45) is 0 Å². The summed E-state index contributed by atoms with van der Waals surface area (Å²) >= 11 is 0. The summed E-state index contributed by atoms with van der Waals surface area (Å²) in [5.41, 5.74) is 0. The first-order valence-electron chi connectivity index (χ1n) is 6.31. The van der Waals surface area contributed by atoms with Crippen LogP contribution in [0.4, 0.5) is 0 Å². The van der Waals surface area contributed by atoms with Crippen LogP contribution in [0.3, 0.4) is 0 Å². The second-order valence-electron chi connectivity index (χ2n) is 4.19. The van der Waals surface area contributed by atoms with Crippen molar-refractivity contribution in [2.45, 2.75) is 20.0 Å². The highest BCUT2D eigenvalue weighted by atomic mass is 16.5. The standard InChI is InChI=1S/C14H23NO3/c1-12(2)17-10-8-15-9-11-18-14-6-4-13(16-3)5-7-14/h4-7,12,15H,8-11H2,1-3H3. The molecule has 0 aromatic heterocycles. The molecule has 0 aliphatic carbocycles. The molecule has 0 unspecified atom stereocenters. The molecule has 0 aliphatic heterocycles. The number of hydrogen-bond donors (Lipinski definition) is 1. The first-order chi connectivity index (χ1) is 8.72. The van der Waals surface area contributed by atoms with Gasteiger partial charge in [-0.05, 0) is 38.1 Å². The van der Waals surface area contributed by atoms with E-state index in [0.717, 1.165) is 31.2 Å². The summed E-state index contributed by atoms with van der Waals surface area (Å²) in [7, 11) is 1.65. The number of benzene rings is 1. The van der Waals surface area contributed by atoms with Gasteiger partial charge >= 0.3 is 0 Å². The van der Waals surface area contributed by atoms with E-state index in [9.17, 15) is 0 Å². The summed E-state index contributed by atoms with van der Waals surface area (Å²) in [6.45, 7) is 7.12. The predicted octanol–water partition coefficient (Wildman–Crippen LogP) is 2.09. The molecule has 0 aliphatic rings. The van der Waals surface area contributed by atoms with Gasteiger partial charge in [-0.15, -0.1) is 0 Å². The van der Waals surface area contributed by atoms with Crippen LogP contribution in [0.1, 0.15) is 13.8 Å². The first-order valence-corrected chi connectivity index (χ1v) is 6.31. The SMILES string of the molecule is COc1ccc(OCCNCCOC(C)C)cc1. The number of rotatable bonds is 9. The third kappa shape index (κ3) is 6.47. The Balaban J connectivity index is 2.03. The molecule has 1 aromatic carbocycles. The number of ether oxygens (including phenoxy) is 3. The third-order valence-corrected chi connectivity index (χ3v) is 2.34. The molecule has 1 aromatic rings. The zero-order valence-corrected chi connectivity index (χ0v) is 11.4. The lowest BCUT2D eigenvalue weighted by Crippen LogP contribution is -2.25. The van der Waals surface area contributed by atoms with Crippen LogP contribution in [0.5, 0.6) is 11.5 Å². The van der Waals surface area contributed by atoms with Crippen LogP contribution >= 0.6 is 0 Å². The lowest BCUT2D eigenvalue weighted by atomic mass is 10.3. The van der Waals surface area contributed by atoms with Crippen molar-refractivity contribution in [3.05, 3.63) is 24.3 Å². The zero-order valence-electron chi connectivity index (χ0n) is 11.4. The normalized spacial score (nSPS) is 10.7. The molecule has 0 spiro atoms. The summed E-state index contributed by atoms with van der Waals surface area (Å²) < 4.78 is 16.1. The van der Waals surface area contributed by atoms with E-state index in [1.54, 1.807) is 7.11 Å². The molecule has 0 bridgehead atoms. The highest BCUT2D eigenvalue weighted by molar-refractivity contribution is 5.31. The molecule has 4 nitrogen and oxygen atoms in total. The molecular formula is C14H23NO3. The minimum absolute atomic E-state index is 0.294. The molecule has 4 heteroatoms. The largest absolute Gasteiger partial charge is 0.497 e. The maximum absolute atomic E-state index is 5.57. The molecule has 0 fully saturated rings. The van der Waals surface area contributed by atoms with Gasteiger partial charge in [0, 0.05) is 13.1 Å². The third-order valence-electron chi connectivity index (χ3n) is 2.34. The highest BCUT2D eigenvalue weighted by Crippen LogP contribution is 2.16. The second kappa shape index (κ2) is 8.78. The van der Waals surface area contributed by atoms with E-state index in [0.29, 0.717) is 12.7 Å². The molecule has 0 radical (unpaired) electrons. The molecule has 0 saturated carbocycles. The van der Waals surface area contributed by atoms with E-state index in [1.165, 1.54) is 0 Å². The van der Waals surface area contributed by atoms with Gasteiger partial charge in [-0.1, -0.05) is 0 Å². The average Bonchev–Trinajstić information content (AvgIpc) is 2.38. The first kappa shape index (κ1) is 14.8. The molecule has 18 heavy (non-hydrogen) atoms. The topological polar surface area (TPSA) is 39.7 Å². The Morgan fingerprint density at radius 3 is 2.22 bits per heavy atom. The van der Waals surface area contributed by atoms with Crippen LogP contribution < -0.4 is 14.8 Å². The van der Waals surface area contributed by atoms with E-state index in [4.69, 9.17) is 14.2 Å². The zero-order chi connectivity index (χ0) is 13.2. The Bertz CT molecular complexity index is 311. The van der Waals surface area contributed by atoms with Crippen molar-refractivity contribution in [2.75, 3.05) is 33.4 Å². The molecule has 1 N–H and O–H groups in total. The maximum atomic E-state index is 5.57. The Labute approximate surface area is 109 Å². The van der Waals surface area contributed by atoms with Crippen LogP contribution in [0.15, 0.2) is 24.3 Å². The van der Waals surface area contributed by atoms with Crippen LogP contribution in [0, 0.1) is 0 Å². The number of methoxy groups -OCH3 is 1. The molecule has 0 amide bonds. The average molecular weight is 253 g/mol. The molecule has 1 rings (SSSR count). The Kier molecular flexibility index (Phi) is 7.22. The van der Waals surface area contributed by atoms with Gasteiger partial charge in [0.1, 0.15) is 18.1 Å². The smallest absolute Gasteiger partial charge is 0.119 e. The van der Waals surface area contributed by atoms with E-state index in [-0.39, 0.29) is 0 Å². The Hall–Kier alpha value is -1.26. The second-order valence-corrected chi connectivity index (χ2v) is 4.19. The summed E-state index contributed by atoms with van der Waals surface area (Å²) in [5, 5.41) is 3.26. The summed E-state index contributed by atoms with van der Waals surface area (Å²) in [6, 6.07) is 7.58. The van der Waals surface area contributed by atoms with Gasteiger partial charge < -0.3 is 19.5 Å². The van der Waals surface area contributed by atoms with Crippen LogP contribution in [0.25, 0.3) is 0 Å². The number of hydrogen-bond acceptors (Lipinski definition) is 4. The molecular weight excluding hydrogens is 230 g/mol. The van der Waals surface area contributed by atoms with Crippen molar-refractivity contribution in [1.29, 1.82) is 0 Å². The molecule has 0 saturated heterocycles. The predicted molar refractivity (Wildman–Crippen MR) is 72.4 cm³/mol. The fourth-order valence-corrected chi connectivity index (χ4v) is 1.40. The Morgan fingerprint density at radius 2 is 1.61 bits per heavy atom. The van der Waals surface area contributed by atoms with Crippen molar-refractivity contribution >= 4 is 0 Å². The van der Waals surface area contributed by atoms with Gasteiger partial charge in [0.25, 0.3) is 0 Å². The summed E-state index contributed by atoms with van der Waals surface area (Å²) in [5.74, 6) is 1.70. The summed E-state index contributed by atoms with van der Waals surface area (Å²) in [4.78, 5) is 0. The van der Waals surface area contributed by atoms with Crippen molar-refractivity contribution in [3.8, 4) is 11.5 Å². The van der Waals surface area contributed by atoms with Crippen LogP contribution in [-0.2, 0) is 4.74 Å². The quantitative estimate of drug-likeness (QED) is 0.684. The fourth-order valence-electron chi connectivity index (χ4n) is 1.40. The van der Waals surface area contributed by atoms with Gasteiger partial charge in [-0.25, -0.2) is 0 Å². The summed E-state index contributed by atoms with van der Waals surface area (Å²) in [6.07, 6.45) is 0.294. The van der Waals surface area contributed by atoms with Crippen molar-refractivity contribution in [3.63, 3.8) is 0 Å². The van der Waals surface area contributed by atoms with E-state index in [1.807, 2.05) is 38.1 Å². The van der Waals surface area contributed by atoms with E-state index in [2.05, 4.69) is 5.32 Å². The Morgan fingerprint density at radius 1 is 1.00 bits per heavy atom. The lowest BCUT2D eigenvalue weighted by Gasteiger charge is -2.09. The van der Waals surface area contributed by atoms with Gasteiger partial charge in [0.2, 0.25) is 0 Å². The van der Waals surface area contributed by atoms with Gasteiger partial charge in [0.15, 0.2) is 0 Å². The van der Waals surface area contributed by atoms with E-state index >= 15 is 0 Å². The molecule has 0 heterocycles. The van der Waals surface area contributed by atoms with E-state index < -0.39 is 0 Å². The van der Waals surface area contributed by atoms with Gasteiger partial charge in [-0.3, -0.25) is 0 Å². The van der Waals surface area contributed by atoms with Crippen molar-refractivity contribution in [1.82, 2.24) is 5.32 Å². The van der Waals surface area contributed by atoms with Gasteiger partial charge in [0.05, 0.1) is 19.8 Å². The maximum Gasteiger partial charge on any atom is 0.119 e. The lowest BCUT2D eigenvalue weighted by molar-refractivity contribution is 0.0804. The van der Waals surface area contributed by atoms with Crippen LogP contribution in [-0.4, -0.2) is 39.5 Å². The molecule has 0 atom stereocenters. The number of nitrogens with one attached hydrogen (secondary N) is 1. The van der Waals surface area contributed by atoms with Gasteiger partial charge in [-0.2, -0.15) is 0 Å². The molecule has 102 valence electrons. The highest BCUT2D eigenvalue weighted by Gasteiger charge is 1.95. The minimum atomic E-state index is 0.294. The minimum Gasteiger partial charge on any atom is -0.497 e.